The van der Waals surface area contributed by atoms with Crippen molar-refractivity contribution in [3.8, 4) is 0 Å². The molecule has 38 heavy (non-hydrogen) atoms. The van der Waals surface area contributed by atoms with Crippen molar-refractivity contribution in [2.45, 2.75) is 50.8 Å². The molecule has 1 aliphatic rings. The van der Waals surface area contributed by atoms with Crippen molar-refractivity contribution in [3.63, 3.8) is 0 Å². The Morgan fingerprint density at radius 2 is 1.79 bits per heavy atom. The molecule has 7 unspecified atom stereocenters. The van der Waals surface area contributed by atoms with Crippen LogP contribution in [0.25, 0.3) is 0 Å². The Morgan fingerprint density at radius 1 is 1.16 bits per heavy atom. The molecule has 0 bridgehead atoms. The highest BCUT2D eigenvalue weighted by atomic mass is 31.2. The molecule has 0 saturated carbocycles. The van der Waals surface area contributed by atoms with E-state index in [0.29, 0.717) is 0 Å². The number of phosphoric ester groups is 2. The lowest BCUT2D eigenvalue weighted by molar-refractivity contribution is -0.290. The van der Waals surface area contributed by atoms with Gasteiger partial charge in [-0.1, -0.05) is 0 Å². The maximum Gasteiger partial charge on any atom is 0.527 e. The maximum absolute atomic E-state index is 12.0. The number of aliphatic hydroxyl groups is 4. The molecule has 0 aromatic carbocycles. The Labute approximate surface area is 209 Å². The van der Waals surface area contributed by atoms with Crippen LogP contribution in [0.2, 0.25) is 0 Å². The van der Waals surface area contributed by atoms with E-state index in [1.165, 1.54) is 13.1 Å². The van der Waals surface area contributed by atoms with Crippen LogP contribution in [0.5, 0.6) is 0 Å². The number of nitrogens with one attached hydrogen (secondary N) is 1. The van der Waals surface area contributed by atoms with Crippen LogP contribution < -0.4 is 11.2 Å². The summed E-state index contributed by atoms with van der Waals surface area (Å²) in [5.74, 6) is -4.18. The minimum absolute atomic E-state index is 0.159. The monoisotopic (exact) mass is 596 g/mol. The number of aromatic amines is 1. The molecule has 2 rings (SSSR count). The summed E-state index contributed by atoms with van der Waals surface area (Å²) in [6.07, 6.45) is -8.59. The number of H-pyrrole nitrogens is 1. The minimum atomic E-state index is -5.41. The number of ether oxygens (including phenoxy) is 3. The van der Waals surface area contributed by atoms with E-state index < -0.39 is 82.9 Å². The fraction of sp³-hybridized carbons (Fsp3) is 0.600. The molecular weight excluding hydrogens is 574 g/mol. The number of aryl methyl sites for hydroxylation is 1. The summed E-state index contributed by atoms with van der Waals surface area (Å²) in [4.78, 5) is 74.6. The first-order valence-electron chi connectivity index (χ1n) is 9.89. The summed E-state index contributed by atoms with van der Waals surface area (Å²) < 4.78 is 48.8. The van der Waals surface area contributed by atoms with E-state index in [1.54, 1.807) is 0 Å². The third-order valence-corrected chi connectivity index (χ3v) is 5.71. The molecule has 2 heterocycles. The largest absolute Gasteiger partial charge is 0.527 e. The molecule has 21 nitrogen and oxygen atoms in total. The van der Waals surface area contributed by atoms with E-state index in [2.05, 4.69) is 23.0 Å². The summed E-state index contributed by atoms with van der Waals surface area (Å²) in [5.41, 5.74) is -1.33. The summed E-state index contributed by atoms with van der Waals surface area (Å²) in [6.45, 7) is -2.32. The summed E-state index contributed by atoms with van der Waals surface area (Å²) in [5, 5.41) is 38.2. The van der Waals surface area contributed by atoms with Crippen LogP contribution in [0.15, 0.2) is 15.8 Å². The standard InChI is InChI=1S/C15H22N2O19P2/c1-5-3-17(14(24)16-9(5)19)8-2-6(18)7(32-8)4-31-38(29,30)36-15(25)34-11(21)10(20)33-12(22)13(23)35-37(26,27)28/h3,6-8,11-12,15,18,21-22,25H,2,4H2,1H3,(H,29,30)(H,16,19,24)(H2,26,27,28). The molecule has 23 heteroatoms. The van der Waals surface area contributed by atoms with Crippen molar-refractivity contribution in [2.24, 2.45) is 0 Å². The molecule has 0 spiro atoms. The molecule has 1 aromatic heterocycles. The molecular formula is C15H22N2O19P2. The van der Waals surface area contributed by atoms with Gasteiger partial charge in [0.05, 0.1) is 12.7 Å². The number of carbonyl (C=O) groups excluding carboxylic acids is 2. The summed E-state index contributed by atoms with van der Waals surface area (Å²) >= 11 is 0. The molecule has 8 N–H and O–H groups in total. The minimum Gasteiger partial charge on any atom is -0.420 e. The van der Waals surface area contributed by atoms with Gasteiger partial charge < -0.3 is 39.3 Å². The number of phosphoric acid groups is 2. The lowest BCUT2D eigenvalue weighted by atomic mass is 10.2. The maximum atomic E-state index is 12.0. The van der Waals surface area contributed by atoms with Crippen LogP contribution >= 0.6 is 15.6 Å². The first-order chi connectivity index (χ1) is 17.4. The Kier molecular flexibility index (Phi) is 10.6. The van der Waals surface area contributed by atoms with E-state index in [9.17, 15) is 48.5 Å². The highest BCUT2D eigenvalue weighted by molar-refractivity contribution is 7.47. The van der Waals surface area contributed by atoms with E-state index in [4.69, 9.17) is 19.6 Å². The van der Waals surface area contributed by atoms with Gasteiger partial charge in [-0.05, 0) is 6.92 Å². The van der Waals surface area contributed by atoms with Crippen molar-refractivity contribution in [1.82, 2.24) is 9.55 Å². The van der Waals surface area contributed by atoms with Crippen molar-refractivity contribution in [1.29, 1.82) is 0 Å². The van der Waals surface area contributed by atoms with Crippen molar-refractivity contribution >= 4 is 27.6 Å². The van der Waals surface area contributed by atoms with Crippen LogP contribution in [-0.4, -0.2) is 94.5 Å². The normalized spacial score (nSPS) is 23.7. The van der Waals surface area contributed by atoms with Gasteiger partial charge in [0.1, 0.15) is 12.3 Å². The summed E-state index contributed by atoms with van der Waals surface area (Å²) in [7, 11) is -10.7. The van der Waals surface area contributed by atoms with Gasteiger partial charge in [0, 0.05) is 18.2 Å². The van der Waals surface area contributed by atoms with Crippen LogP contribution in [0, 0.1) is 6.92 Å². The zero-order chi connectivity index (χ0) is 29.0. The zero-order valence-electron chi connectivity index (χ0n) is 18.8. The fourth-order valence-electron chi connectivity index (χ4n) is 2.72. The highest BCUT2D eigenvalue weighted by Crippen LogP contribution is 2.45. The Morgan fingerprint density at radius 3 is 2.39 bits per heavy atom. The van der Waals surface area contributed by atoms with Gasteiger partial charge in [0.25, 0.3) is 24.6 Å². The van der Waals surface area contributed by atoms with Gasteiger partial charge in [-0.2, -0.15) is 0 Å². The van der Waals surface area contributed by atoms with E-state index in [1.807, 2.05) is 4.98 Å². The average Bonchev–Trinajstić information content (AvgIpc) is 3.13. The number of hydrogen-bond acceptors (Lipinski definition) is 16. The predicted octanol–water partition coefficient (Wildman–Crippen LogP) is -4.26. The molecule has 0 amide bonds. The van der Waals surface area contributed by atoms with Gasteiger partial charge in [-0.15, -0.1) is 0 Å². The Bertz CT molecular complexity index is 1220. The molecule has 1 saturated heterocycles. The third kappa shape index (κ3) is 9.43. The summed E-state index contributed by atoms with van der Waals surface area (Å²) in [6, 6.07) is 0. The van der Waals surface area contributed by atoms with Crippen molar-refractivity contribution < 1.29 is 81.6 Å². The lowest BCUT2D eigenvalue weighted by Gasteiger charge is -2.21. The number of carbonyl (C=O) groups is 2. The topological polar surface area (TPSA) is 320 Å². The number of rotatable bonds is 12. The predicted molar refractivity (Wildman–Crippen MR) is 111 cm³/mol. The van der Waals surface area contributed by atoms with E-state index in [-0.39, 0.29) is 12.0 Å². The number of aliphatic hydroxyl groups excluding tert-OH is 4. The van der Waals surface area contributed by atoms with Gasteiger partial charge in [0.2, 0.25) is 0 Å². The first kappa shape index (κ1) is 31.9. The van der Waals surface area contributed by atoms with Crippen molar-refractivity contribution in [2.75, 3.05) is 6.61 Å². The Hall–Kier alpha value is -2.36. The second-order valence-corrected chi connectivity index (χ2v) is 9.84. The number of hydrogen-bond donors (Lipinski definition) is 8. The number of aromatic nitrogens is 2. The van der Waals surface area contributed by atoms with Crippen LogP contribution in [0.3, 0.4) is 0 Å². The number of nitrogens with zero attached hydrogens (tertiary/aromatic N) is 1. The molecule has 7 atom stereocenters. The third-order valence-electron chi connectivity index (χ3n) is 4.37. The van der Waals surface area contributed by atoms with Crippen LogP contribution in [-0.2, 0) is 46.5 Å². The smallest absolute Gasteiger partial charge is 0.420 e. The highest BCUT2D eigenvalue weighted by Gasteiger charge is 2.39. The SMILES string of the molecule is Cc1cn(C2CC(O)C(COP(=O)(O)OC(O)OC(O)C(=O)OC(O)C(=O)OP(=O)(O)O)O2)c(=O)[nH]c1=O. The average molecular weight is 596 g/mol. The second kappa shape index (κ2) is 12.7. The van der Waals surface area contributed by atoms with Gasteiger partial charge in [-0.3, -0.25) is 33.4 Å². The molecule has 1 aliphatic heterocycles. The lowest BCUT2D eigenvalue weighted by Crippen LogP contribution is -2.37. The van der Waals surface area contributed by atoms with Gasteiger partial charge >= 0.3 is 33.3 Å². The molecule has 1 aromatic rings. The zero-order valence-corrected chi connectivity index (χ0v) is 20.6. The second-order valence-electron chi connectivity index (χ2n) is 7.27. The van der Waals surface area contributed by atoms with Crippen LogP contribution in [0.4, 0.5) is 0 Å². The molecule has 1 fully saturated rings. The first-order valence-corrected chi connectivity index (χ1v) is 12.9. The molecule has 0 aliphatic carbocycles. The van der Waals surface area contributed by atoms with Crippen LogP contribution in [0.1, 0.15) is 18.2 Å². The fourth-order valence-corrected chi connectivity index (χ4v) is 3.72. The van der Waals surface area contributed by atoms with E-state index >= 15 is 0 Å². The number of esters is 1. The van der Waals surface area contributed by atoms with Crippen molar-refractivity contribution in [3.05, 3.63) is 32.6 Å². The quantitative estimate of drug-likeness (QED) is 0.0643. The molecule has 0 radical (unpaired) electrons. The van der Waals surface area contributed by atoms with E-state index in [0.717, 1.165) is 4.57 Å². The molecule has 216 valence electrons. The Balaban J connectivity index is 1.86. The van der Waals surface area contributed by atoms with Gasteiger partial charge in [0.15, 0.2) is 0 Å². The van der Waals surface area contributed by atoms with Gasteiger partial charge in [-0.25, -0.2) is 28.0 Å².